The second-order valence-corrected chi connectivity index (χ2v) is 2.14. The van der Waals surface area contributed by atoms with Gasteiger partial charge in [-0.05, 0) is 0 Å². The Labute approximate surface area is 81.8 Å². The Bertz CT molecular complexity index is 207. The molecule has 0 aliphatic rings. The van der Waals surface area contributed by atoms with Crippen molar-refractivity contribution in [1.29, 1.82) is 0 Å². The maximum absolute atomic E-state index is 10.2. The molecule has 13 heavy (non-hydrogen) atoms. The summed E-state index contributed by atoms with van der Waals surface area (Å²) >= 11 is 0. The van der Waals surface area contributed by atoms with Gasteiger partial charge in [-0.1, -0.05) is 5.92 Å². The van der Waals surface area contributed by atoms with Crippen molar-refractivity contribution in [2.45, 2.75) is 0 Å². The molecule has 0 aromatic carbocycles. The Morgan fingerprint density at radius 1 is 1.23 bits per heavy atom. The number of carboxylic acid groups (broad SMARTS) is 2. The standard InChI is InChI=1S/C7H9NO4.ClH/c1-2-3-8(4-6(9)10)5-7(11)12;/h1H,3-5H2,(H,9,10)(H,11,12);1H. The molecule has 0 saturated heterocycles. The van der Waals surface area contributed by atoms with Crippen LogP contribution in [0.1, 0.15) is 0 Å². The smallest absolute Gasteiger partial charge is 0.317 e. The van der Waals surface area contributed by atoms with Crippen LogP contribution in [-0.2, 0) is 9.59 Å². The summed E-state index contributed by atoms with van der Waals surface area (Å²) in [6, 6.07) is 0. The number of terminal acetylenes is 1. The van der Waals surface area contributed by atoms with E-state index in [4.69, 9.17) is 16.6 Å². The summed E-state index contributed by atoms with van der Waals surface area (Å²) in [5, 5.41) is 16.6. The summed E-state index contributed by atoms with van der Waals surface area (Å²) in [6.07, 6.45) is 4.90. The molecule has 0 heterocycles. The minimum Gasteiger partial charge on any atom is -0.480 e. The van der Waals surface area contributed by atoms with Gasteiger partial charge in [0.05, 0.1) is 19.6 Å². The van der Waals surface area contributed by atoms with Crippen LogP contribution in [0.4, 0.5) is 0 Å². The molecule has 0 atom stereocenters. The Kier molecular flexibility index (Phi) is 8.13. The highest BCUT2D eigenvalue weighted by atomic mass is 35.5. The van der Waals surface area contributed by atoms with Gasteiger partial charge in [0.2, 0.25) is 0 Å². The predicted octanol–water partition coefficient (Wildman–Crippen LogP) is -0.487. The maximum atomic E-state index is 10.2. The van der Waals surface area contributed by atoms with Crippen molar-refractivity contribution < 1.29 is 19.8 Å². The number of carbonyl (C=O) groups is 2. The van der Waals surface area contributed by atoms with Crippen molar-refractivity contribution in [3.05, 3.63) is 0 Å². The van der Waals surface area contributed by atoms with Crippen molar-refractivity contribution in [3.8, 4) is 12.3 Å². The Morgan fingerprint density at radius 2 is 1.62 bits per heavy atom. The van der Waals surface area contributed by atoms with Crippen molar-refractivity contribution in [3.63, 3.8) is 0 Å². The molecule has 0 aliphatic carbocycles. The lowest BCUT2D eigenvalue weighted by Gasteiger charge is -2.13. The molecule has 0 aliphatic heterocycles. The summed E-state index contributed by atoms with van der Waals surface area (Å²) < 4.78 is 0. The zero-order valence-electron chi connectivity index (χ0n) is 6.77. The number of halogens is 1. The van der Waals surface area contributed by atoms with E-state index in [0.29, 0.717) is 0 Å². The second kappa shape index (κ2) is 7.40. The van der Waals surface area contributed by atoms with Crippen LogP contribution in [0.15, 0.2) is 0 Å². The molecule has 0 spiro atoms. The second-order valence-electron chi connectivity index (χ2n) is 2.14. The van der Waals surface area contributed by atoms with E-state index in [1.807, 2.05) is 0 Å². The van der Waals surface area contributed by atoms with Gasteiger partial charge in [0.15, 0.2) is 0 Å². The number of hydrogen-bond acceptors (Lipinski definition) is 3. The van der Waals surface area contributed by atoms with Gasteiger partial charge >= 0.3 is 11.9 Å². The summed E-state index contributed by atoms with van der Waals surface area (Å²) in [5.74, 6) is -0.00463. The Balaban J connectivity index is 0. The first kappa shape index (κ1) is 14.3. The fourth-order valence-corrected chi connectivity index (χ4v) is 0.679. The van der Waals surface area contributed by atoms with Crippen LogP contribution in [0.3, 0.4) is 0 Å². The zero-order valence-corrected chi connectivity index (χ0v) is 7.58. The summed E-state index contributed by atoms with van der Waals surface area (Å²) in [5.41, 5.74) is 0. The third-order valence-corrected chi connectivity index (χ3v) is 1.03. The molecule has 0 saturated carbocycles. The highest BCUT2D eigenvalue weighted by Gasteiger charge is 2.11. The number of nitrogens with zero attached hydrogens (tertiary/aromatic N) is 1. The number of rotatable bonds is 5. The fraction of sp³-hybridized carbons (Fsp3) is 0.429. The molecule has 0 unspecified atom stereocenters. The molecule has 0 fully saturated rings. The lowest BCUT2D eigenvalue weighted by atomic mass is 10.4. The van der Waals surface area contributed by atoms with E-state index in [9.17, 15) is 9.59 Å². The summed E-state index contributed by atoms with van der Waals surface area (Å²) in [6.45, 7) is -0.675. The van der Waals surface area contributed by atoms with Crippen LogP contribution in [0, 0.1) is 12.3 Å². The van der Waals surface area contributed by atoms with Crippen LogP contribution in [0.25, 0.3) is 0 Å². The normalized spacial score (nSPS) is 8.62. The van der Waals surface area contributed by atoms with Crippen LogP contribution >= 0.6 is 12.4 Å². The first-order valence-electron chi connectivity index (χ1n) is 3.15. The van der Waals surface area contributed by atoms with Gasteiger partial charge in [-0.15, -0.1) is 18.8 Å². The van der Waals surface area contributed by atoms with Crippen LogP contribution < -0.4 is 0 Å². The zero-order chi connectivity index (χ0) is 9.56. The predicted molar refractivity (Wildman–Crippen MR) is 47.8 cm³/mol. The lowest BCUT2D eigenvalue weighted by Crippen LogP contribution is -2.34. The van der Waals surface area contributed by atoms with E-state index in [-0.39, 0.29) is 32.0 Å². The van der Waals surface area contributed by atoms with Crippen molar-refractivity contribution in [1.82, 2.24) is 4.90 Å². The van der Waals surface area contributed by atoms with Gasteiger partial charge in [0, 0.05) is 0 Å². The number of aliphatic carboxylic acids is 2. The molecule has 0 amide bonds. The van der Waals surface area contributed by atoms with Crippen LogP contribution in [0.2, 0.25) is 0 Å². The number of carboxylic acids is 2. The first-order valence-corrected chi connectivity index (χ1v) is 3.15. The highest BCUT2D eigenvalue weighted by Crippen LogP contribution is 1.86. The summed E-state index contributed by atoms with van der Waals surface area (Å²) in [4.78, 5) is 21.5. The molecule has 0 radical (unpaired) electrons. The van der Waals surface area contributed by atoms with E-state index >= 15 is 0 Å². The third-order valence-electron chi connectivity index (χ3n) is 1.03. The van der Waals surface area contributed by atoms with Gasteiger partial charge in [-0.2, -0.15) is 0 Å². The average Bonchev–Trinajstić information content (AvgIpc) is 1.84. The molecule has 0 rings (SSSR count). The fourth-order valence-electron chi connectivity index (χ4n) is 0.679. The lowest BCUT2D eigenvalue weighted by molar-refractivity contribution is -0.141. The minimum absolute atomic E-state index is 0. The average molecular weight is 208 g/mol. The van der Waals surface area contributed by atoms with E-state index in [2.05, 4.69) is 5.92 Å². The molecule has 5 nitrogen and oxygen atoms in total. The molecule has 74 valence electrons. The van der Waals surface area contributed by atoms with Crippen molar-refractivity contribution >= 4 is 24.3 Å². The first-order chi connectivity index (χ1) is 5.56. The monoisotopic (exact) mass is 207 g/mol. The van der Waals surface area contributed by atoms with Gasteiger partial charge < -0.3 is 10.2 Å². The third kappa shape index (κ3) is 8.66. The maximum Gasteiger partial charge on any atom is 0.317 e. The van der Waals surface area contributed by atoms with Crippen molar-refractivity contribution in [2.75, 3.05) is 19.6 Å². The van der Waals surface area contributed by atoms with Crippen LogP contribution in [0.5, 0.6) is 0 Å². The SMILES string of the molecule is C#CCN(CC(=O)O)CC(=O)O.Cl. The molecule has 2 N–H and O–H groups in total. The van der Waals surface area contributed by atoms with Crippen LogP contribution in [-0.4, -0.2) is 46.7 Å². The van der Waals surface area contributed by atoms with Gasteiger partial charge in [-0.25, -0.2) is 0 Å². The van der Waals surface area contributed by atoms with E-state index < -0.39 is 11.9 Å². The molecule has 0 aromatic rings. The topological polar surface area (TPSA) is 77.8 Å². The molecule has 0 aromatic heterocycles. The Morgan fingerprint density at radius 3 is 1.85 bits per heavy atom. The molecular formula is C7H10ClNO4. The van der Waals surface area contributed by atoms with E-state index in [1.54, 1.807) is 0 Å². The molecular weight excluding hydrogens is 198 g/mol. The minimum atomic E-state index is -1.09. The van der Waals surface area contributed by atoms with Gasteiger partial charge in [-0.3, -0.25) is 14.5 Å². The van der Waals surface area contributed by atoms with E-state index in [1.165, 1.54) is 0 Å². The largest absolute Gasteiger partial charge is 0.480 e. The quantitative estimate of drug-likeness (QED) is 0.595. The summed E-state index contributed by atoms with van der Waals surface area (Å²) in [7, 11) is 0. The number of hydrogen-bond donors (Lipinski definition) is 2. The molecule has 0 bridgehead atoms. The van der Waals surface area contributed by atoms with Gasteiger partial charge in [0.25, 0.3) is 0 Å². The van der Waals surface area contributed by atoms with Gasteiger partial charge in [0.1, 0.15) is 0 Å². The van der Waals surface area contributed by atoms with E-state index in [0.717, 1.165) is 4.90 Å². The molecule has 6 heteroatoms. The highest BCUT2D eigenvalue weighted by molar-refractivity contribution is 5.85. The van der Waals surface area contributed by atoms with Crippen molar-refractivity contribution in [2.24, 2.45) is 0 Å². The Hall–Kier alpha value is -1.25.